The third kappa shape index (κ3) is 2.39. The Morgan fingerprint density at radius 3 is 2.15 bits per heavy atom. The predicted molar refractivity (Wildman–Crippen MR) is 85.1 cm³/mol. The van der Waals surface area contributed by atoms with Crippen LogP contribution in [0.2, 0.25) is 0 Å². The topological polar surface area (TPSA) is 26.0 Å². The smallest absolute Gasteiger partial charge is 0.0167 e. The molecule has 2 aromatic carbocycles. The quantitative estimate of drug-likeness (QED) is 0.858. The Hall–Kier alpha value is -2.28. The van der Waals surface area contributed by atoms with Gasteiger partial charge in [-0.25, -0.2) is 0 Å². The summed E-state index contributed by atoms with van der Waals surface area (Å²) < 4.78 is 0. The molecule has 0 aromatic heterocycles. The van der Waals surface area contributed by atoms with Crippen molar-refractivity contribution < 1.29 is 0 Å². The molecule has 1 aliphatic rings. The molecule has 2 N–H and O–H groups in total. The van der Waals surface area contributed by atoms with Gasteiger partial charge in [0.05, 0.1) is 0 Å². The first-order valence-corrected chi connectivity index (χ1v) is 6.97. The Balaban J connectivity index is 2.07. The summed E-state index contributed by atoms with van der Waals surface area (Å²) in [6, 6.07) is 21.0. The van der Waals surface area contributed by atoms with E-state index in [-0.39, 0.29) is 5.41 Å². The number of allylic oxidation sites excluding steroid dienone is 4. The maximum atomic E-state index is 6.20. The van der Waals surface area contributed by atoms with E-state index < -0.39 is 0 Å². The molecule has 100 valence electrons. The molecule has 0 bridgehead atoms. The van der Waals surface area contributed by atoms with E-state index in [0.29, 0.717) is 0 Å². The number of nitrogens with two attached hydrogens (primary N) is 1. The Morgan fingerprint density at radius 2 is 1.50 bits per heavy atom. The summed E-state index contributed by atoms with van der Waals surface area (Å²) in [6.07, 6.45) is 5.31. The summed E-state index contributed by atoms with van der Waals surface area (Å²) in [5.41, 5.74) is 10.8. The average molecular weight is 261 g/mol. The van der Waals surface area contributed by atoms with Gasteiger partial charge in [0.2, 0.25) is 0 Å². The Morgan fingerprint density at radius 1 is 0.900 bits per heavy atom. The summed E-state index contributed by atoms with van der Waals surface area (Å²) in [4.78, 5) is 0. The zero-order valence-electron chi connectivity index (χ0n) is 11.7. The van der Waals surface area contributed by atoms with Crippen LogP contribution in [0.3, 0.4) is 0 Å². The zero-order chi connectivity index (χ0) is 14.0. The standard InChI is InChI=1S/C19H19N/c1-19(17-10-6-3-7-11-17)13-16(12-18(20)14-19)15-8-4-2-5-9-15/h2-13H,14,20H2,1H3. The van der Waals surface area contributed by atoms with Crippen LogP contribution in [0, 0.1) is 0 Å². The minimum Gasteiger partial charge on any atom is -0.402 e. The zero-order valence-corrected chi connectivity index (χ0v) is 11.7. The van der Waals surface area contributed by atoms with Crippen LogP contribution in [0.25, 0.3) is 5.57 Å². The second-order valence-corrected chi connectivity index (χ2v) is 5.65. The maximum absolute atomic E-state index is 6.20. The highest BCUT2D eigenvalue weighted by molar-refractivity contribution is 5.77. The molecule has 0 fully saturated rings. The van der Waals surface area contributed by atoms with E-state index >= 15 is 0 Å². The monoisotopic (exact) mass is 261 g/mol. The van der Waals surface area contributed by atoms with Gasteiger partial charge in [0, 0.05) is 11.1 Å². The van der Waals surface area contributed by atoms with E-state index in [4.69, 9.17) is 5.73 Å². The molecule has 1 aliphatic carbocycles. The second-order valence-electron chi connectivity index (χ2n) is 5.65. The minimum absolute atomic E-state index is 0.0364. The van der Waals surface area contributed by atoms with E-state index in [0.717, 1.165) is 12.1 Å². The lowest BCUT2D eigenvalue weighted by Gasteiger charge is -2.31. The van der Waals surface area contributed by atoms with E-state index in [1.54, 1.807) is 0 Å². The molecule has 1 atom stereocenters. The van der Waals surface area contributed by atoms with Crippen LogP contribution in [-0.2, 0) is 5.41 Å². The van der Waals surface area contributed by atoms with Gasteiger partial charge in [-0.3, -0.25) is 0 Å². The first-order chi connectivity index (χ1) is 9.67. The highest BCUT2D eigenvalue weighted by Crippen LogP contribution is 2.38. The molecule has 0 saturated heterocycles. The van der Waals surface area contributed by atoms with Gasteiger partial charge in [0.15, 0.2) is 0 Å². The molecule has 0 amide bonds. The number of hydrogen-bond acceptors (Lipinski definition) is 1. The largest absolute Gasteiger partial charge is 0.402 e. The van der Waals surface area contributed by atoms with Crippen molar-refractivity contribution in [3.8, 4) is 0 Å². The first-order valence-electron chi connectivity index (χ1n) is 6.97. The Kier molecular flexibility index (Phi) is 3.19. The number of rotatable bonds is 2. The van der Waals surface area contributed by atoms with Crippen LogP contribution >= 0.6 is 0 Å². The summed E-state index contributed by atoms with van der Waals surface area (Å²) >= 11 is 0. The molecular formula is C19H19N. The SMILES string of the molecule is CC1(c2ccccc2)C=C(c2ccccc2)C=C(N)C1. The van der Waals surface area contributed by atoms with Crippen LogP contribution in [0.15, 0.2) is 78.5 Å². The molecule has 1 nitrogen and oxygen atoms in total. The van der Waals surface area contributed by atoms with E-state index in [1.807, 2.05) is 6.07 Å². The number of hydrogen-bond donors (Lipinski definition) is 1. The highest BCUT2D eigenvalue weighted by Gasteiger charge is 2.28. The van der Waals surface area contributed by atoms with Crippen molar-refractivity contribution in [2.24, 2.45) is 5.73 Å². The number of benzene rings is 2. The fraction of sp³-hybridized carbons (Fsp3) is 0.158. The minimum atomic E-state index is -0.0364. The van der Waals surface area contributed by atoms with E-state index in [9.17, 15) is 0 Å². The van der Waals surface area contributed by atoms with Crippen molar-refractivity contribution in [1.82, 2.24) is 0 Å². The lowest BCUT2D eigenvalue weighted by Crippen LogP contribution is -2.25. The van der Waals surface area contributed by atoms with Gasteiger partial charge in [-0.05, 0) is 29.2 Å². The van der Waals surface area contributed by atoms with Crippen molar-refractivity contribution in [3.05, 3.63) is 89.6 Å². The third-order valence-corrected chi connectivity index (χ3v) is 3.93. The summed E-state index contributed by atoms with van der Waals surface area (Å²) in [7, 11) is 0. The van der Waals surface area contributed by atoms with Crippen molar-refractivity contribution in [1.29, 1.82) is 0 Å². The van der Waals surface area contributed by atoms with Crippen LogP contribution in [0.1, 0.15) is 24.5 Å². The summed E-state index contributed by atoms with van der Waals surface area (Å²) in [5.74, 6) is 0. The lowest BCUT2D eigenvalue weighted by molar-refractivity contribution is 0.580. The van der Waals surface area contributed by atoms with Crippen LogP contribution in [0.4, 0.5) is 0 Å². The maximum Gasteiger partial charge on any atom is 0.0167 e. The lowest BCUT2D eigenvalue weighted by atomic mass is 9.74. The van der Waals surface area contributed by atoms with Gasteiger partial charge in [-0.1, -0.05) is 73.7 Å². The van der Waals surface area contributed by atoms with Crippen LogP contribution < -0.4 is 5.73 Å². The van der Waals surface area contributed by atoms with Gasteiger partial charge >= 0.3 is 0 Å². The highest BCUT2D eigenvalue weighted by atomic mass is 14.6. The fourth-order valence-electron chi connectivity index (χ4n) is 2.91. The van der Waals surface area contributed by atoms with E-state index in [2.05, 4.69) is 73.7 Å². The van der Waals surface area contributed by atoms with Gasteiger partial charge in [-0.15, -0.1) is 0 Å². The molecule has 0 aliphatic heterocycles. The summed E-state index contributed by atoms with van der Waals surface area (Å²) in [6.45, 7) is 2.26. The molecule has 1 unspecified atom stereocenters. The second kappa shape index (κ2) is 5.01. The van der Waals surface area contributed by atoms with Crippen molar-refractivity contribution in [2.45, 2.75) is 18.8 Å². The fourth-order valence-corrected chi connectivity index (χ4v) is 2.91. The first kappa shape index (κ1) is 12.7. The van der Waals surface area contributed by atoms with Gasteiger partial charge in [-0.2, -0.15) is 0 Å². The molecule has 1 heteroatoms. The van der Waals surface area contributed by atoms with Gasteiger partial charge < -0.3 is 5.73 Å². The summed E-state index contributed by atoms with van der Waals surface area (Å²) in [5, 5.41) is 0. The molecular weight excluding hydrogens is 242 g/mol. The molecule has 0 spiro atoms. The van der Waals surface area contributed by atoms with E-state index in [1.165, 1.54) is 16.7 Å². The molecule has 0 heterocycles. The molecule has 0 saturated carbocycles. The van der Waals surface area contributed by atoms with Crippen molar-refractivity contribution in [3.63, 3.8) is 0 Å². The molecule has 2 aromatic rings. The molecule has 0 radical (unpaired) electrons. The normalized spacial score (nSPS) is 22.1. The average Bonchev–Trinajstić information content (AvgIpc) is 2.48. The Bertz CT molecular complexity index is 653. The van der Waals surface area contributed by atoms with Gasteiger partial charge in [0.25, 0.3) is 0 Å². The molecule has 20 heavy (non-hydrogen) atoms. The van der Waals surface area contributed by atoms with Gasteiger partial charge in [0.1, 0.15) is 0 Å². The van der Waals surface area contributed by atoms with Crippen LogP contribution in [-0.4, -0.2) is 0 Å². The van der Waals surface area contributed by atoms with Crippen LogP contribution in [0.5, 0.6) is 0 Å². The Labute approximate surface area is 120 Å². The molecule has 3 rings (SSSR count). The third-order valence-electron chi connectivity index (χ3n) is 3.93. The van der Waals surface area contributed by atoms with Crippen molar-refractivity contribution >= 4 is 5.57 Å². The predicted octanol–water partition coefficient (Wildman–Crippen LogP) is 4.27. The van der Waals surface area contributed by atoms with Crippen molar-refractivity contribution in [2.75, 3.05) is 0 Å².